The Morgan fingerprint density at radius 2 is 0.940 bits per heavy atom. The van der Waals surface area contributed by atoms with Crippen LogP contribution in [-0.2, 0) is 30.0 Å². The van der Waals surface area contributed by atoms with Gasteiger partial charge in [0.25, 0.3) is 0 Å². The minimum atomic E-state index is -0.790. The zero-order valence-corrected chi connectivity index (χ0v) is 28.7. The van der Waals surface area contributed by atoms with Crippen molar-refractivity contribution in [1.29, 1.82) is 0 Å². The first kappa shape index (κ1) is 30.7. The maximum absolute atomic E-state index is 14.7. The molecule has 2 aromatic carbocycles. The van der Waals surface area contributed by atoms with E-state index in [1.54, 1.807) is 0 Å². The largest absolute Gasteiger partial charge is 0.364 e. The molecule has 0 radical (unpaired) electrons. The third-order valence-electron chi connectivity index (χ3n) is 14.3. The Kier molecular flexibility index (Phi) is 6.89. The lowest BCUT2D eigenvalue weighted by Crippen LogP contribution is -2.66. The number of carbonyl (C=O) groups excluding carboxylic acids is 4. The second-order valence-corrected chi connectivity index (χ2v) is 16.7. The van der Waals surface area contributed by atoms with E-state index in [9.17, 15) is 19.2 Å². The normalized spacial score (nSPS) is 37.5. The molecule has 6 heterocycles. The number of rotatable bonds is 5. The van der Waals surface area contributed by atoms with E-state index in [1.807, 2.05) is 34.1 Å². The molecule has 262 valence electrons. The topological polar surface area (TPSA) is 123 Å². The molecule has 10 rings (SSSR count). The number of anilines is 2. The molecule has 0 spiro atoms. The highest BCUT2D eigenvalue weighted by Crippen LogP contribution is 2.69. The van der Waals surface area contributed by atoms with Crippen LogP contribution in [0.1, 0.15) is 101 Å². The van der Waals surface area contributed by atoms with Crippen LogP contribution in [0.3, 0.4) is 0 Å². The van der Waals surface area contributed by atoms with Gasteiger partial charge in [-0.1, -0.05) is 101 Å². The van der Waals surface area contributed by atoms with E-state index in [2.05, 4.69) is 45.5 Å². The highest BCUT2D eigenvalue weighted by Gasteiger charge is 2.78. The summed E-state index contributed by atoms with van der Waals surface area (Å²) in [6.45, 7) is 0. The number of nitrogens with one attached hydrogen (secondary N) is 4. The fraction of sp³-hybridized carbons (Fsp3) is 0.600. The van der Waals surface area contributed by atoms with E-state index < -0.39 is 47.3 Å². The summed E-state index contributed by atoms with van der Waals surface area (Å²) in [5, 5.41) is 14.0. The van der Waals surface area contributed by atoms with Gasteiger partial charge in [-0.25, -0.2) is 0 Å². The standard InChI is InChI=1S/C40H48N6O4/c47-33-31-21-39(25-15-7-9-17-27(25)43-37(39)45(31)35(49)29(41-33)19-23-11-3-1-4-12-23)40-22-32-34(48)42-30(20-24-13-5-2-6-14-24)36(50)46(32)38(40)44-28-18-10-8-16-26(28)40/h7-10,15-18,23-24,29-32,37-38,43-44H,1-6,11-14,19-22H2,(H,41,47)(H,42,48). The van der Waals surface area contributed by atoms with Gasteiger partial charge in [0.1, 0.15) is 36.5 Å². The molecule has 2 aliphatic carbocycles. The highest BCUT2D eigenvalue weighted by molar-refractivity contribution is 6.01. The van der Waals surface area contributed by atoms with Gasteiger partial charge in [0.15, 0.2) is 0 Å². The first-order chi connectivity index (χ1) is 24.4. The van der Waals surface area contributed by atoms with Crippen LogP contribution < -0.4 is 21.3 Å². The van der Waals surface area contributed by atoms with Gasteiger partial charge in [-0.05, 0) is 60.8 Å². The van der Waals surface area contributed by atoms with Crippen LogP contribution >= 0.6 is 0 Å². The lowest BCUT2D eigenvalue weighted by Gasteiger charge is -2.48. The van der Waals surface area contributed by atoms with E-state index in [0.29, 0.717) is 37.5 Å². The Labute approximate surface area is 293 Å². The SMILES string of the molecule is O=C1NC(CC2CCCCC2)C(=O)N2C1CC1(C34CC5C(=O)NC(CC6CCCCC6)C(=O)N5C3Nc3ccccc34)c3ccccc3NC21. The predicted molar refractivity (Wildman–Crippen MR) is 188 cm³/mol. The molecule has 8 aliphatic rings. The van der Waals surface area contributed by atoms with E-state index in [-0.39, 0.29) is 23.6 Å². The molecular weight excluding hydrogens is 628 g/mol. The Morgan fingerprint density at radius 1 is 0.540 bits per heavy atom. The van der Waals surface area contributed by atoms with Gasteiger partial charge in [0.05, 0.1) is 10.8 Å². The quantitative estimate of drug-likeness (QED) is 0.370. The van der Waals surface area contributed by atoms with E-state index in [0.717, 1.165) is 48.2 Å². The number of carbonyl (C=O) groups is 4. The highest BCUT2D eigenvalue weighted by atomic mass is 16.2. The third-order valence-corrected chi connectivity index (χ3v) is 14.3. The molecule has 6 fully saturated rings. The summed E-state index contributed by atoms with van der Waals surface area (Å²) in [7, 11) is 0. The van der Waals surface area contributed by atoms with Gasteiger partial charge in [-0.15, -0.1) is 0 Å². The van der Waals surface area contributed by atoms with E-state index >= 15 is 0 Å². The van der Waals surface area contributed by atoms with Crippen LogP contribution in [0, 0.1) is 11.8 Å². The van der Waals surface area contributed by atoms with Gasteiger partial charge < -0.3 is 31.1 Å². The number of benzene rings is 2. The smallest absolute Gasteiger partial charge is 0.247 e. The average molecular weight is 677 g/mol. The van der Waals surface area contributed by atoms with Crippen molar-refractivity contribution in [1.82, 2.24) is 20.4 Å². The summed E-state index contributed by atoms with van der Waals surface area (Å²) in [5.41, 5.74) is 2.43. The monoisotopic (exact) mass is 676 g/mol. The summed E-state index contributed by atoms with van der Waals surface area (Å²) in [6, 6.07) is 14.1. The molecular formula is C40H48N6O4. The molecule has 6 aliphatic heterocycles. The molecule has 2 aromatic rings. The van der Waals surface area contributed by atoms with Gasteiger partial charge in [0.2, 0.25) is 23.6 Å². The van der Waals surface area contributed by atoms with E-state index in [4.69, 9.17) is 0 Å². The van der Waals surface area contributed by atoms with Crippen molar-refractivity contribution in [3.63, 3.8) is 0 Å². The summed E-state index contributed by atoms with van der Waals surface area (Å²) < 4.78 is 0. The Morgan fingerprint density at radius 3 is 1.36 bits per heavy atom. The fourth-order valence-electron chi connectivity index (χ4n) is 12.2. The van der Waals surface area contributed by atoms with Crippen molar-refractivity contribution >= 4 is 35.0 Å². The molecule has 4 amide bonds. The second-order valence-electron chi connectivity index (χ2n) is 16.7. The lowest BCUT2D eigenvalue weighted by atomic mass is 9.54. The molecule has 0 bridgehead atoms. The predicted octanol–water partition coefficient (Wildman–Crippen LogP) is 4.51. The summed E-state index contributed by atoms with van der Waals surface area (Å²) >= 11 is 0. The van der Waals surface area contributed by atoms with Crippen LogP contribution in [0.5, 0.6) is 0 Å². The summed E-state index contributed by atoms with van der Waals surface area (Å²) in [4.78, 5) is 61.6. The van der Waals surface area contributed by atoms with Crippen LogP contribution in [0.15, 0.2) is 48.5 Å². The molecule has 2 saturated carbocycles. The molecule has 4 saturated heterocycles. The minimum Gasteiger partial charge on any atom is -0.364 e. The van der Waals surface area contributed by atoms with Gasteiger partial charge in [0, 0.05) is 11.4 Å². The zero-order valence-electron chi connectivity index (χ0n) is 28.7. The molecule has 0 aromatic heterocycles. The summed E-state index contributed by atoms with van der Waals surface area (Å²) in [5.74, 6) is 0.640. The van der Waals surface area contributed by atoms with Gasteiger partial charge >= 0.3 is 0 Å². The number of piperazine rings is 2. The maximum Gasteiger partial charge on any atom is 0.247 e. The van der Waals surface area contributed by atoms with Crippen molar-refractivity contribution in [3.05, 3.63) is 59.7 Å². The second kappa shape index (κ2) is 11.2. The van der Waals surface area contributed by atoms with E-state index in [1.165, 1.54) is 38.5 Å². The van der Waals surface area contributed by atoms with Gasteiger partial charge in [-0.3, -0.25) is 19.2 Å². The Bertz CT molecular complexity index is 1640. The molecule has 10 heteroatoms. The zero-order chi connectivity index (χ0) is 33.8. The molecule has 10 nitrogen and oxygen atoms in total. The Hall–Kier alpha value is -4.08. The minimum absolute atomic E-state index is 0.0170. The van der Waals surface area contributed by atoms with Crippen LogP contribution in [0.4, 0.5) is 11.4 Å². The lowest BCUT2D eigenvalue weighted by molar-refractivity contribution is -0.149. The third kappa shape index (κ3) is 4.07. The molecule has 50 heavy (non-hydrogen) atoms. The summed E-state index contributed by atoms with van der Waals surface area (Å²) in [6.07, 6.45) is 12.7. The maximum atomic E-state index is 14.7. The number of fused-ring (bicyclic) bond motifs is 11. The number of amides is 4. The van der Waals surface area contributed by atoms with Crippen LogP contribution in [0.2, 0.25) is 0 Å². The first-order valence-corrected chi connectivity index (χ1v) is 19.4. The number of nitrogens with zero attached hydrogens (tertiary/aromatic N) is 2. The van der Waals surface area contributed by atoms with Gasteiger partial charge in [-0.2, -0.15) is 0 Å². The number of hydrogen-bond donors (Lipinski definition) is 4. The molecule has 8 unspecified atom stereocenters. The Balaban J connectivity index is 1.10. The van der Waals surface area contributed by atoms with Crippen LogP contribution in [0.25, 0.3) is 0 Å². The van der Waals surface area contributed by atoms with Crippen molar-refractivity contribution in [2.45, 2.75) is 137 Å². The van der Waals surface area contributed by atoms with Crippen molar-refractivity contribution in [3.8, 4) is 0 Å². The molecule has 8 atom stereocenters. The average Bonchev–Trinajstić information content (AvgIpc) is 3.85. The number of para-hydroxylation sites is 2. The fourth-order valence-corrected chi connectivity index (χ4v) is 12.2. The number of hydrogen-bond acceptors (Lipinski definition) is 6. The molecule has 4 N–H and O–H groups in total. The van der Waals surface area contributed by atoms with Crippen molar-refractivity contribution in [2.24, 2.45) is 11.8 Å². The van der Waals surface area contributed by atoms with Crippen molar-refractivity contribution < 1.29 is 19.2 Å². The van der Waals surface area contributed by atoms with Crippen LogP contribution in [-0.4, -0.2) is 69.9 Å². The first-order valence-electron chi connectivity index (χ1n) is 19.4. The van der Waals surface area contributed by atoms with Crippen molar-refractivity contribution in [2.75, 3.05) is 10.6 Å².